The van der Waals surface area contributed by atoms with Crippen LogP contribution in [0.4, 0.5) is 0 Å². The second kappa shape index (κ2) is 7.64. The Morgan fingerprint density at radius 1 is 1.21 bits per heavy atom. The molecule has 19 heavy (non-hydrogen) atoms. The van der Waals surface area contributed by atoms with Gasteiger partial charge in [0.15, 0.2) is 0 Å². The Balaban J connectivity index is 1.68. The van der Waals surface area contributed by atoms with E-state index in [1.807, 2.05) is 0 Å². The van der Waals surface area contributed by atoms with E-state index < -0.39 is 0 Å². The van der Waals surface area contributed by atoms with E-state index in [4.69, 9.17) is 0 Å². The quantitative estimate of drug-likeness (QED) is 0.819. The highest BCUT2D eigenvalue weighted by molar-refractivity contribution is 4.82. The molecule has 1 aliphatic carbocycles. The maximum atomic E-state index is 3.70. The normalized spacial score (nSPS) is 35.2. The summed E-state index contributed by atoms with van der Waals surface area (Å²) in [6, 6.07) is 0.727. The van der Waals surface area contributed by atoms with Gasteiger partial charge in [0.25, 0.3) is 0 Å². The molecule has 1 aliphatic heterocycles. The molecular weight excluding hydrogens is 232 g/mol. The van der Waals surface area contributed by atoms with E-state index in [1.165, 1.54) is 64.7 Å². The molecule has 2 aliphatic rings. The van der Waals surface area contributed by atoms with Crippen LogP contribution in [0.2, 0.25) is 0 Å². The second-order valence-corrected chi connectivity index (χ2v) is 7.16. The Kier molecular flexibility index (Phi) is 6.15. The van der Waals surface area contributed by atoms with Gasteiger partial charge in [-0.15, -0.1) is 0 Å². The van der Waals surface area contributed by atoms with Crippen molar-refractivity contribution in [3.63, 3.8) is 0 Å². The molecule has 2 nitrogen and oxygen atoms in total. The monoisotopic (exact) mass is 266 g/mol. The van der Waals surface area contributed by atoms with Crippen LogP contribution in [0.1, 0.15) is 59.3 Å². The molecule has 1 N–H and O–H groups in total. The number of hydrogen-bond donors (Lipinski definition) is 1. The molecule has 1 saturated carbocycles. The predicted octanol–water partition coefficient (Wildman–Crippen LogP) is 3.52. The van der Waals surface area contributed by atoms with Crippen molar-refractivity contribution >= 4 is 0 Å². The molecule has 0 aromatic rings. The Labute approximate surface area is 120 Å². The average molecular weight is 266 g/mol. The lowest BCUT2D eigenvalue weighted by molar-refractivity contribution is 0.151. The van der Waals surface area contributed by atoms with Crippen molar-refractivity contribution in [1.29, 1.82) is 0 Å². The first-order valence-corrected chi connectivity index (χ1v) is 8.64. The maximum Gasteiger partial charge on any atom is 0.0221 e. The summed E-state index contributed by atoms with van der Waals surface area (Å²) in [4.78, 5) is 2.71. The van der Waals surface area contributed by atoms with Crippen LogP contribution in [0.3, 0.4) is 0 Å². The van der Waals surface area contributed by atoms with E-state index in [1.54, 1.807) is 0 Å². The van der Waals surface area contributed by atoms with Crippen molar-refractivity contribution in [1.82, 2.24) is 10.2 Å². The van der Waals surface area contributed by atoms with E-state index in [0.29, 0.717) is 0 Å². The van der Waals surface area contributed by atoms with Gasteiger partial charge < -0.3 is 10.2 Å². The SMILES string of the molecule is CCC(C)C1CN(CCC2CCC(C)CC2)CCN1. The minimum absolute atomic E-state index is 0.727. The van der Waals surface area contributed by atoms with E-state index in [2.05, 4.69) is 31.0 Å². The summed E-state index contributed by atoms with van der Waals surface area (Å²) < 4.78 is 0. The fraction of sp³-hybridized carbons (Fsp3) is 1.00. The van der Waals surface area contributed by atoms with Gasteiger partial charge in [0, 0.05) is 25.7 Å². The fourth-order valence-corrected chi connectivity index (χ4v) is 3.69. The summed E-state index contributed by atoms with van der Waals surface area (Å²) in [5.74, 6) is 2.83. The highest BCUT2D eigenvalue weighted by Gasteiger charge is 2.24. The van der Waals surface area contributed by atoms with Gasteiger partial charge in [-0.05, 0) is 30.7 Å². The summed E-state index contributed by atoms with van der Waals surface area (Å²) in [6.07, 6.45) is 8.67. The average Bonchev–Trinajstić information content (AvgIpc) is 2.46. The molecule has 1 heterocycles. The zero-order valence-corrected chi connectivity index (χ0v) is 13.3. The van der Waals surface area contributed by atoms with Crippen LogP contribution >= 0.6 is 0 Å². The van der Waals surface area contributed by atoms with Gasteiger partial charge in [0.05, 0.1) is 0 Å². The number of rotatable bonds is 5. The maximum absolute atomic E-state index is 3.70. The first kappa shape index (κ1) is 15.3. The van der Waals surface area contributed by atoms with Gasteiger partial charge >= 0.3 is 0 Å². The van der Waals surface area contributed by atoms with Crippen molar-refractivity contribution in [2.75, 3.05) is 26.2 Å². The standard InChI is InChI=1S/C17H34N2/c1-4-15(3)17-13-19(12-10-18-17)11-9-16-7-5-14(2)6-8-16/h14-18H,4-13H2,1-3H3. The Bertz CT molecular complexity index is 246. The van der Waals surface area contributed by atoms with Crippen molar-refractivity contribution in [3.05, 3.63) is 0 Å². The van der Waals surface area contributed by atoms with Crippen molar-refractivity contribution in [3.8, 4) is 0 Å². The van der Waals surface area contributed by atoms with E-state index >= 15 is 0 Å². The van der Waals surface area contributed by atoms with Gasteiger partial charge in [0.1, 0.15) is 0 Å². The number of hydrogen-bond acceptors (Lipinski definition) is 2. The molecule has 0 radical (unpaired) electrons. The van der Waals surface area contributed by atoms with Crippen LogP contribution in [-0.4, -0.2) is 37.1 Å². The number of piperazine rings is 1. The Hall–Kier alpha value is -0.0800. The molecule has 0 spiro atoms. The lowest BCUT2D eigenvalue weighted by Crippen LogP contribution is -2.53. The van der Waals surface area contributed by atoms with Crippen molar-refractivity contribution < 1.29 is 0 Å². The van der Waals surface area contributed by atoms with Crippen LogP contribution in [0.15, 0.2) is 0 Å². The third-order valence-corrected chi connectivity index (χ3v) is 5.61. The molecular formula is C17H34N2. The lowest BCUT2D eigenvalue weighted by Gasteiger charge is -2.37. The first-order valence-electron chi connectivity index (χ1n) is 8.64. The Morgan fingerprint density at radius 2 is 1.95 bits per heavy atom. The molecule has 2 heteroatoms. The van der Waals surface area contributed by atoms with E-state index in [0.717, 1.165) is 23.8 Å². The van der Waals surface area contributed by atoms with Gasteiger partial charge in [-0.25, -0.2) is 0 Å². The molecule has 0 aromatic heterocycles. The molecule has 0 bridgehead atoms. The van der Waals surface area contributed by atoms with Crippen LogP contribution in [-0.2, 0) is 0 Å². The van der Waals surface area contributed by atoms with Crippen LogP contribution in [0, 0.1) is 17.8 Å². The molecule has 1 saturated heterocycles. The Morgan fingerprint density at radius 3 is 2.63 bits per heavy atom. The zero-order chi connectivity index (χ0) is 13.7. The fourth-order valence-electron chi connectivity index (χ4n) is 3.69. The van der Waals surface area contributed by atoms with E-state index in [-0.39, 0.29) is 0 Å². The summed E-state index contributed by atoms with van der Waals surface area (Å²) in [6.45, 7) is 12.2. The highest BCUT2D eigenvalue weighted by atomic mass is 15.2. The predicted molar refractivity (Wildman–Crippen MR) is 83.4 cm³/mol. The molecule has 0 aromatic carbocycles. The highest BCUT2D eigenvalue weighted by Crippen LogP contribution is 2.30. The molecule has 2 unspecified atom stereocenters. The largest absolute Gasteiger partial charge is 0.311 e. The van der Waals surface area contributed by atoms with Crippen LogP contribution in [0.25, 0.3) is 0 Å². The zero-order valence-electron chi connectivity index (χ0n) is 13.3. The van der Waals surface area contributed by atoms with Crippen molar-refractivity contribution in [2.45, 2.75) is 65.3 Å². The van der Waals surface area contributed by atoms with Gasteiger partial charge in [-0.2, -0.15) is 0 Å². The molecule has 2 atom stereocenters. The smallest absolute Gasteiger partial charge is 0.0221 e. The third-order valence-electron chi connectivity index (χ3n) is 5.61. The number of nitrogens with zero attached hydrogens (tertiary/aromatic N) is 1. The minimum Gasteiger partial charge on any atom is -0.311 e. The molecule has 2 fully saturated rings. The van der Waals surface area contributed by atoms with E-state index in [9.17, 15) is 0 Å². The molecule has 112 valence electrons. The summed E-state index contributed by atoms with van der Waals surface area (Å²) >= 11 is 0. The second-order valence-electron chi connectivity index (χ2n) is 7.16. The van der Waals surface area contributed by atoms with Crippen LogP contribution in [0.5, 0.6) is 0 Å². The lowest BCUT2D eigenvalue weighted by atomic mass is 9.81. The van der Waals surface area contributed by atoms with Crippen molar-refractivity contribution in [2.24, 2.45) is 17.8 Å². The van der Waals surface area contributed by atoms with Gasteiger partial charge in [0.2, 0.25) is 0 Å². The summed E-state index contributed by atoms with van der Waals surface area (Å²) in [5, 5.41) is 3.70. The van der Waals surface area contributed by atoms with Gasteiger partial charge in [-0.3, -0.25) is 0 Å². The minimum atomic E-state index is 0.727. The topological polar surface area (TPSA) is 15.3 Å². The third kappa shape index (κ3) is 4.75. The number of nitrogens with one attached hydrogen (secondary N) is 1. The summed E-state index contributed by atoms with van der Waals surface area (Å²) in [7, 11) is 0. The molecule has 2 rings (SSSR count). The molecule has 0 amide bonds. The van der Waals surface area contributed by atoms with Crippen LogP contribution < -0.4 is 5.32 Å². The van der Waals surface area contributed by atoms with Gasteiger partial charge in [-0.1, -0.05) is 52.9 Å². The summed E-state index contributed by atoms with van der Waals surface area (Å²) in [5.41, 5.74) is 0. The first-order chi connectivity index (χ1) is 9.19.